The van der Waals surface area contributed by atoms with Gasteiger partial charge in [0, 0.05) is 17.2 Å². The molecule has 0 saturated heterocycles. The molecular weight excluding hydrogens is 270 g/mol. The maximum Gasteiger partial charge on any atom is 0.0270 e. The zero-order valence-corrected chi connectivity index (χ0v) is 9.63. The zero-order valence-electron chi connectivity index (χ0n) is 6.33. The fourth-order valence-corrected chi connectivity index (χ4v) is 1.22. The monoisotopic (exact) mass is 279 g/mol. The molecule has 3 heteroatoms. The van der Waals surface area contributed by atoms with Crippen LogP contribution in [0.5, 0.6) is 0 Å². The summed E-state index contributed by atoms with van der Waals surface area (Å²) >= 11 is 3.49. The molecule has 1 rings (SSSR count). The summed E-state index contributed by atoms with van der Waals surface area (Å²) in [6.45, 7) is 2.14. The van der Waals surface area contributed by atoms with Crippen molar-refractivity contribution < 1.29 is 0 Å². The Bertz CT molecular complexity index is 187. The number of halogens is 2. The summed E-state index contributed by atoms with van der Waals surface area (Å²) in [5.74, 6) is 0. The van der Waals surface area contributed by atoms with E-state index < -0.39 is 0 Å². The first-order chi connectivity index (χ1) is 4.79. The minimum absolute atomic E-state index is 0. The van der Waals surface area contributed by atoms with Crippen LogP contribution in [0.15, 0.2) is 24.5 Å². The van der Waals surface area contributed by atoms with Gasteiger partial charge in [0.05, 0.1) is 0 Å². The highest BCUT2D eigenvalue weighted by Crippen LogP contribution is 2.07. The molecule has 0 aromatic carbocycles. The maximum absolute atomic E-state index is 3.94. The zero-order chi connectivity index (χ0) is 7.40. The van der Waals surface area contributed by atoms with E-state index in [1.165, 1.54) is 5.56 Å². The van der Waals surface area contributed by atoms with Crippen molar-refractivity contribution in [1.29, 1.82) is 0 Å². The van der Waals surface area contributed by atoms with Crippen LogP contribution in [0.2, 0.25) is 0 Å². The number of pyridine rings is 1. The minimum Gasteiger partial charge on any atom is -0.265 e. The van der Waals surface area contributed by atoms with E-state index in [1.54, 1.807) is 0 Å². The summed E-state index contributed by atoms with van der Waals surface area (Å²) in [7, 11) is 0. The molecule has 0 bridgehead atoms. The lowest BCUT2D eigenvalue weighted by Gasteiger charge is -2.00. The third-order valence-corrected chi connectivity index (χ3v) is 1.59. The van der Waals surface area contributed by atoms with Crippen LogP contribution < -0.4 is 0 Å². The summed E-state index contributed by atoms with van der Waals surface area (Å²) in [6, 6.07) is 4.08. The Morgan fingerprint density at radius 3 is 2.45 bits per heavy atom. The van der Waals surface area contributed by atoms with Crippen molar-refractivity contribution in [1.82, 2.24) is 4.98 Å². The summed E-state index contributed by atoms with van der Waals surface area (Å²) in [5, 5.41) is 0. The number of hydrogen-bond donors (Lipinski definition) is 0. The van der Waals surface area contributed by atoms with Gasteiger partial charge in [0.15, 0.2) is 0 Å². The van der Waals surface area contributed by atoms with Gasteiger partial charge in [-0.2, -0.15) is 0 Å². The number of rotatable bonds is 2. The van der Waals surface area contributed by atoms with Gasteiger partial charge in [-0.15, -0.1) is 17.0 Å². The van der Waals surface area contributed by atoms with Crippen LogP contribution in [0.3, 0.4) is 0 Å². The van der Waals surface area contributed by atoms with Gasteiger partial charge in [0.25, 0.3) is 0 Å². The normalized spacial score (nSPS) is 11.8. The van der Waals surface area contributed by atoms with E-state index >= 15 is 0 Å². The number of hydrogen-bond acceptors (Lipinski definition) is 1. The molecule has 0 saturated carbocycles. The quantitative estimate of drug-likeness (QED) is 0.759. The van der Waals surface area contributed by atoms with E-state index in [0.717, 1.165) is 6.42 Å². The van der Waals surface area contributed by atoms with Crippen LogP contribution in [0, 0.1) is 0 Å². The lowest BCUT2D eigenvalue weighted by atomic mass is 10.2. The van der Waals surface area contributed by atoms with E-state index in [2.05, 4.69) is 27.8 Å². The molecule has 0 spiro atoms. The Labute approximate surface area is 86.1 Å². The molecular formula is C8H11Br2N. The Morgan fingerprint density at radius 2 is 2.00 bits per heavy atom. The molecule has 11 heavy (non-hydrogen) atoms. The van der Waals surface area contributed by atoms with E-state index in [1.807, 2.05) is 24.5 Å². The number of alkyl halides is 1. The van der Waals surface area contributed by atoms with Crippen molar-refractivity contribution in [3.8, 4) is 0 Å². The van der Waals surface area contributed by atoms with Crippen LogP contribution in [0.4, 0.5) is 0 Å². The molecule has 1 nitrogen and oxygen atoms in total. The first-order valence-corrected chi connectivity index (χ1v) is 4.23. The lowest BCUT2D eigenvalue weighted by molar-refractivity contribution is 0.955. The molecule has 0 N–H and O–H groups in total. The van der Waals surface area contributed by atoms with Crippen molar-refractivity contribution in [2.24, 2.45) is 0 Å². The largest absolute Gasteiger partial charge is 0.265 e. The Morgan fingerprint density at radius 1 is 1.45 bits per heavy atom. The van der Waals surface area contributed by atoms with Gasteiger partial charge in [-0.1, -0.05) is 22.9 Å². The highest BCUT2D eigenvalue weighted by Gasteiger charge is 1.96. The van der Waals surface area contributed by atoms with E-state index in [-0.39, 0.29) is 17.0 Å². The van der Waals surface area contributed by atoms with Gasteiger partial charge in [-0.05, 0) is 24.1 Å². The highest BCUT2D eigenvalue weighted by atomic mass is 79.9. The highest BCUT2D eigenvalue weighted by molar-refractivity contribution is 9.09. The van der Waals surface area contributed by atoms with Gasteiger partial charge >= 0.3 is 0 Å². The molecule has 0 aliphatic heterocycles. The van der Waals surface area contributed by atoms with Crippen LogP contribution in [0.1, 0.15) is 12.5 Å². The topological polar surface area (TPSA) is 12.9 Å². The average Bonchev–Trinajstić information content (AvgIpc) is 1.88. The average molecular weight is 281 g/mol. The standard InChI is InChI=1S/C8H10BrN.BrH/c1-7(9)6-8-2-4-10-5-3-8;/h2-5,7H,6H2,1H3;1H. The van der Waals surface area contributed by atoms with Crippen molar-refractivity contribution in [3.05, 3.63) is 30.1 Å². The Kier molecular flexibility index (Phi) is 5.78. The van der Waals surface area contributed by atoms with Gasteiger partial charge in [0.2, 0.25) is 0 Å². The maximum atomic E-state index is 3.94. The van der Waals surface area contributed by atoms with Crippen molar-refractivity contribution >= 4 is 32.9 Å². The van der Waals surface area contributed by atoms with Gasteiger partial charge in [-0.3, -0.25) is 4.98 Å². The molecule has 0 aliphatic rings. The molecule has 1 aromatic heterocycles. The first kappa shape index (κ1) is 11.1. The predicted octanol–water partition coefficient (Wildman–Crippen LogP) is 2.99. The SMILES string of the molecule is Br.CC(Br)Cc1ccncc1. The summed E-state index contributed by atoms with van der Waals surface area (Å²) in [4.78, 5) is 4.49. The van der Waals surface area contributed by atoms with Crippen LogP contribution in [0.25, 0.3) is 0 Å². The molecule has 0 fully saturated rings. The van der Waals surface area contributed by atoms with Gasteiger partial charge in [0.1, 0.15) is 0 Å². The molecule has 1 atom stereocenters. The number of nitrogens with zero attached hydrogens (tertiary/aromatic N) is 1. The number of aromatic nitrogens is 1. The summed E-state index contributed by atoms with van der Waals surface area (Å²) < 4.78 is 0. The van der Waals surface area contributed by atoms with Gasteiger partial charge in [-0.25, -0.2) is 0 Å². The van der Waals surface area contributed by atoms with E-state index in [4.69, 9.17) is 0 Å². The fourth-order valence-electron chi connectivity index (χ4n) is 0.844. The van der Waals surface area contributed by atoms with Crippen LogP contribution >= 0.6 is 32.9 Å². The van der Waals surface area contributed by atoms with Crippen LogP contribution in [-0.4, -0.2) is 9.81 Å². The van der Waals surface area contributed by atoms with E-state index in [0.29, 0.717) is 4.83 Å². The molecule has 1 heterocycles. The van der Waals surface area contributed by atoms with Gasteiger partial charge < -0.3 is 0 Å². The molecule has 62 valence electrons. The molecule has 0 amide bonds. The third-order valence-electron chi connectivity index (χ3n) is 1.27. The molecule has 0 aliphatic carbocycles. The van der Waals surface area contributed by atoms with E-state index in [9.17, 15) is 0 Å². The third kappa shape index (κ3) is 4.53. The molecule has 0 radical (unpaired) electrons. The van der Waals surface area contributed by atoms with Crippen molar-refractivity contribution in [2.75, 3.05) is 0 Å². The summed E-state index contributed by atoms with van der Waals surface area (Å²) in [5.41, 5.74) is 1.33. The minimum atomic E-state index is 0. The smallest absolute Gasteiger partial charge is 0.0270 e. The molecule has 1 unspecified atom stereocenters. The van der Waals surface area contributed by atoms with Crippen molar-refractivity contribution in [3.63, 3.8) is 0 Å². The first-order valence-electron chi connectivity index (χ1n) is 3.32. The van der Waals surface area contributed by atoms with Crippen LogP contribution in [-0.2, 0) is 6.42 Å². The lowest BCUT2D eigenvalue weighted by Crippen LogP contribution is -1.95. The molecule has 1 aromatic rings. The fraction of sp³-hybridized carbons (Fsp3) is 0.375. The predicted molar refractivity (Wildman–Crippen MR) is 56.7 cm³/mol. The Hall–Kier alpha value is 0.110. The second kappa shape index (κ2) is 5.72. The van der Waals surface area contributed by atoms with Crippen molar-refractivity contribution in [2.45, 2.75) is 18.2 Å². The second-order valence-corrected chi connectivity index (χ2v) is 3.90. The summed E-state index contributed by atoms with van der Waals surface area (Å²) in [6.07, 6.45) is 4.72. The Balaban J connectivity index is 0.000001000. The second-order valence-electron chi connectivity index (χ2n) is 2.34.